The molecule has 6 nitrogen and oxygen atoms in total. The summed E-state index contributed by atoms with van der Waals surface area (Å²) in [6.07, 6.45) is 6.17. The van der Waals surface area contributed by atoms with E-state index in [0.29, 0.717) is 22.8 Å². The van der Waals surface area contributed by atoms with Crippen LogP contribution >= 0.6 is 0 Å². The fraction of sp³-hybridized carbons (Fsp3) is 0.385. The molecule has 1 aromatic carbocycles. The number of primary amides is 1. The summed E-state index contributed by atoms with van der Waals surface area (Å²) in [5.74, 6) is 0.326. The monoisotopic (exact) mass is 447 g/mol. The van der Waals surface area contributed by atoms with Gasteiger partial charge < -0.3 is 10.5 Å². The van der Waals surface area contributed by atoms with Gasteiger partial charge in [0.25, 0.3) is 0 Å². The molecule has 1 amide bonds. The number of hydrogen-bond acceptors (Lipinski definition) is 5. The summed E-state index contributed by atoms with van der Waals surface area (Å²) < 4.78 is 19.0. The first-order chi connectivity index (χ1) is 16.0. The largest absolute Gasteiger partial charge is 0.443 e. The van der Waals surface area contributed by atoms with Crippen molar-refractivity contribution in [2.45, 2.75) is 57.0 Å². The first-order valence-electron chi connectivity index (χ1n) is 11.5. The molecule has 2 heterocycles. The highest BCUT2D eigenvalue weighted by Gasteiger charge is 2.34. The Morgan fingerprint density at radius 1 is 0.970 bits per heavy atom. The van der Waals surface area contributed by atoms with Crippen LogP contribution in [0, 0.1) is 11.7 Å². The van der Waals surface area contributed by atoms with Crippen LogP contribution in [-0.4, -0.2) is 21.8 Å². The highest BCUT2D eigenvalue weighted by Crippen LogP contribution is 2.44. The molecule has 2 fully saturated rings. The molecule has 2 N–H and O–H groups in total. The van der Waals surface area contributed by atoms with Crippen LogP contribution < -0.4 is 5.73 Å². The second-order valence-corrected chi connectivity index (χ2v) is 9.07. The summed E-state index contributed by atoms with van der Waals surface area (Å²) in [5.41, 5.74) is 8.62. The number of fused-ring (bicyclic) bond motifs is 1. The normalized spacial score (nSPS) is 20.5. The van der Waals surface area contributed by atoms with Crippen molar-refractivity contribution in [3.63, 3.8) is 0 Å². The van der Waals surface area contributed by atoms with E-state index in [1.165, 1.54) is 6.07 Å². The number of halogens is 1. The molecule has 0 aliphatic heterocycles. The lowest BCUT2D eigenvalue weighted by molar-refractivity contribution is 0.0877. The molecule has 2 saturated carbocycles. The minimum Gasteiger partial charge on any atom is -0.443 e. The number of carbonyl (C=O) groups excluding carboxylic acids is 2. The molecular formula is C26H26FN3O3. The third-order valence-electron chi connectivity index (χ3n) is 6.89. The van der Waals surface area contributed by atoms with Gasteiger partial charge in [-0.3, -0.25) is 9.78 Å². The van der Waals surface area contributed by atoms with Crippen LogP contribution in [0.25, 0.3) is 10.9 Å². The Kier molecular flexibility index (Phi) is 5.79. The number of nitrogens with two attached hydrogens (primary N) is 1. The van der Waals surface area contributed by atoms with Gasteiger partial charge in [-0.2, -0.15) is 0 Å². The lowest BCUT2D eigenvalue weighted by Gasteiger charge is -2.29. The smallest absolute Gasteiger partial charge is 0.404 e. The van der Waals surface area contributed by atoms with Crippen molar-refractivity contribution in [2.75, 3.05) is 0 Å². The Morgan fingerprint density at radius 3 is 2.42 bits per heavy atom. The summed E-state index contributed by atoms with van der Waals surface area (Å²) >= 11 is 0. The number of Topliss-reactive ketones (excluding diaryl/α,β-unsaturated/α-hetero) is 1. The number of amides is 1. The van der Waals surface area contributed by atoms with Crippen LogP contribution in [0.1, 0.15) is 77.7 Å². The molecule has 0 atom stereocenters. The average Bonchev–Trinajstić information content (AvgIpc) is 3.68. The van der Waals surface area contributed by atoms with E-state index in [2.05, 4.69) is 9.97 Å². The van der Waals surface area contributed by atoms with E-state index < -0.39 is 6.09 Å². The summed E-state index contributed by atoms with van der Waals surface area (Å²) in [4.78, 5) is 33.2. The molecule has 0 bridgehead atoms. The molecule has 0 radical (unpaired) electrons. The van der Waals surface area contributed by atoms with Gasteiger partial charge in [0.05, 0.1) is 5.69 Å². The summed E-state index contributed by atoms with van der Waals surface area (Å²) in [6, 6.07) is 10.8. The number of para-hydroxylation sites is 1. The van der Waals surface area contributed by atoms with Crippen molar-refractivity contribution in [1.82, 2.24) is 9.97 Å². The van der Waals surface area contributed by atoms with Crippen molar-refractivity contribution in [2.24, 2.45) is 11.7 Å². The van der Waals surface area contributed by atoms with Crippen LogP contribution in [0.3, 0.4) is 0 Å². The number of rotatable bonds is 6. The molecule has 0 unspecified atom stereocenters. The minimum atomic E-state index is -0.863. The SMILES string of the molecule is NC(=O)OCc1ccc(C2CC2)c(C(=O)C2CCC(c3ccnc4c(F)cccc34)CC2)n1. The lowest BCUT2D eigenvalue weighted by atomic mass is 9.75. The predicted octanol–water partition coefficient (Wildman–Crippen LogP) is 5.40. The molecule has 7 heteroatoms. The van der Waals surface area contributed by atoms with Crippen molar-refractivity contribution in [3.8, 4) is 0 Å². The van der Waals surface area contributed by atoms with Gasteiger partial charge in [-0.15, -0.1) is 0 Å². The van der Waals surface area contributed by atoms with Crippen molar-refractivity contribution in [3.05, 3.63) is 70.9 Å². The fourth-order valence-corrected chi connectivity index (χ4v) is 5.03. The van der Waals surface area contributed by atoms with E-state index >= 15 is 0 Å². The van der Waals surface area contributed by atoms with Gasteiger partial charge in [0.15, 0.2) is 5.78 Å². The molecule has 2 aromatic heterocycles. The molecule has 0 saturated heterocycles. The van der Waals surface area contributed by atoms with Crippen molar-refractivity contribution < 1.29 is 18.7 Å². The van der Waals surface area contributed by atoms with E-state index in [4.69, 9.17) is 10.5 Å². The number of pyridine rings is 2. The van der Waals surface area contributed by atoms with Crippen molar-refractivity contribution in [1.29, 1.82) is 0 Å². The summed E-state index contributed by atoms with van der Waals surface area (Å²) in [7, 11) is 0. The van der Waals surface area contributed by atoms with E-state index in [1.807, 2.05) is 18.2 Å². The molecule has 3 aromatic rings. The number of benzene rings is 1. The Balaban J connectivity index is 1.33. The number of ether oxygens (including phenoxy) is 1. The first-order valence-corrected chi connectivity index (χ1v) is 11.5. The Bertz CT molecular complexity index is 1220. The Labute approximate surface area is 191 Å². The van der Waals surface area contributed by atoms with Gasteiger partial charge in [-0.1, -0.05) is 18.2 Å². The first kappa shape index (κ1) is 21.5. The number of aromatic nitrogens is 2. The quantitative estimate of drug-likeness (QED) is 0.511. The van der Waals surface area contributed by atoms with Crippen molar-refractivity contribution >= 4 is 22.8 Å². The van der Waals surface area contributed by atoms with Crippen LogP contribution in [0.5, 0.6) is 0 Å². The number of ketones is 1. The third kappa shape index (κ3) is 4.45. The van der Waals surface area contributed by atoms with Gasteiger partial charge >= 0.3 is 6.09 Å². The zero-order chi connectivity index (χ0) is 22.9. The maximum absolute atomic E-state index is 14.2. The molecule has 5 rings (SSSR count). The van der Waals surface area contributed by atoms with Crippen LogP contribution in [0.4, 0.5) is 9.18 Å². The topological polar surface area (TPSA) is 95.2 Å². The zero-order valence-electron chi connectivity index (χ0n) is 18.3. The van der Waals surface area contributed by atoms with E-state index in [9.17, 15) is 14.0 Å². The standard InChI is InChI=1S/C26H26FN3O3/c27-22-3-1-2-21-19(12-13-29-23(21)22)15-6-8-17(9-7-15)25(31)24-20(16-4-5-16)11-10-18(30-24)14-33-26(28)32/h1-3,10-13,15-17H,4-9,14H2,(H2,28,32). The Morgan fingerprint density at radius 2 is 1.70 bits per heavy atom. The second kappa shape index (κ2) is 8.89. The van der Waals surface area contributed by atoms with Gasteiger partial charge in [0.1, 0.15) is 23.6 Å². The van der Waals surface area contributed by atoms with Crippen LogP contribution in [0.15, 0.2) is 42.6 Å². The Hall–Kier alpha value is -3.35. The maximum atomic E-state index is 14.2. The summed E-state index contributed by atoms with van der Waals surface area (Å²) in [6.45, 7) is -0.0427. The lowest BCUT2D eigenvalue weighted by Crippen LogP contribution is -2.24. The molecule has 33 heavy (non-hydrogen) atoms. The predicted molar refractivity (Wildman–Crippen MR) is 121 cm³/mol. The van der Waals surface area contributed by atoms with E-state index in [0.717, 1.165) is 55.0 Å². The number of carbonyl (C=O) groups is 2. The minimum absolute atomic E-state index is 0.0427. The van der Waals surface area contributed by atoms with Gasteiger partial charge in [0.2, 0.25) is 0 Å². The molecule has 2 aliphatic rings. The molecule has 170 valence electrons. The van der Waals surface area contributed by atoms with E-state index in [1.54, 1.807) is 18.3 Å². The molecule has 2 aliphatic carbocycles. The zero-order valence-corrected chi connectivity index (χ0v) is 18.3. The number of hydrogen-bond donors (Lipinski definition) is 1. The van der Waals surface area contributed by atoms with Gasteiger partial charge in [0, 0.05) is 17.5 Å². The van der Waals surface area contributed by atoms with Crippen LogP contribution in [-0.2, 0) is 11.3 Å². The van der Waals surface area contributed by atoms with Gasteiger partial charge in [-0.25, -0.2) is 14.2 Å². The van der Waals surface area contributed by atoms with Gasteiger partial charge in [-0.05, 0) is 79.7 Å². The maximum Gasteiger partial charge on any atom is 0.404 e. The van der Waals surface area contributed by atoms with Crippen LogP contribution in [0.2, 0.25) is 0 Å². The van der Waals surface area contributed by atoms with E-state index in [-0.39, 0.29) is 30.0 Å². The number of nitrogens with zero attached hydrogens (tertiary/aromatic N) is 2. The third-order valence-corrected chi connectivity index (χ3v) is 6.89. The average molecular weight is 448 g/mol. The summed E-state index contributed by atoms with van der Waals surface area (Å²) in [5, 5.41) is 0.854. The highest BCUT2D eigenvalue weighted by atomic mass is 19.1. The molecular weight excluding hydrogens is 421 g/mol. The highest BCUT2D eigenvalue weighted by molar-refractivity contribution is 5.98. The fourth-order valence-electron chi connectivity index (χ4n) is 5.03. The second-order valence-electron chi connectivity index (χ2n) is 9.07. The molecule has 0 spiro atoms.